The van der Waals surface area contributed by atoms with Crippen LogP contribution in [0.1, 0.15) is 25.3 Å². The van der Waals surface area contributed by atoms with Crippen LogP contribution in [0, 0.1) is 6.92 Å². The number of aliphatic hydroxyl groups excluding tert-OH is 1. The van der Waals surface area contributed by atoms with Crippen molar-refractivity contribution in [2.45, 2.75) is 26.7 Å². The Labute approximate surface area is 102 Å². The Balaban J connectivity index is 2.62. The van der Waals surface area contributed by atoms with E-state index in [1.807, 2.05) is 32.0 Å². The highest BCUT2D eigenvalue weighted by atomic mass is 16.5. The Hall–Kier alpha value is -1.55. The third kappa shape index (κ3) is 4.44. The summed E-state index contributed by atoms with van der Waals surface area (Å²) in [6, 6.07) is 5.56. The fourth-order valence-electron chi connectivity index (χ4n) is 1.49. The number of aryl methyl sites for hydroxylation is 1. The molecule has 0 bridgehead atoms. The zero-order valence-electron chi connectivity index (χ0n) is 10.3. The molecule has 0 saturated heterocycles. The second-order valence-electron chi connectivity index (χ2n) is 3.79. The van der Waals surface area contributed by atoms with Crippen molar-refractivity contribution in [1.29, 1.82) is 0 Å². The Morgan fingerprint density at radius 1 is 1.47 bits per heavy atom. The first-order valence-electron chi connectivity index (χ1n) is 5.81. The Kier molecular flexibility index (Phi) is 5.49. The van der Waals surface area contributed by atoms with Gasteiger partial charge in [0.25, 0.3) is 0 Å². The number of hydrogen-bond acceptors (Lipinski definition) is 3. The smallest absolute Gasteiger partial charge is 0.224 e. The van der Waals surface area contributed by atoms with Gasteiger partial charge in [-0.3, -0.25) is 4.79 Å². The molecule has 2 N–H and O–H groups in total. The van der Waals surface area contributed by atoms with Crippen LogP contribution in [0.4, 0.5) is 5.69 Å². The minimum absolute atomic E-state index is 0.0374. The second kappa shape index (κ2) is 6.91. The third-order valence-corrected chi connectivity index (χ3v) is 2.34. The standard InChI is InChI=1S/C13H19NO3/c1-3-17-11-6-7-12(10(2)9-11)14-13(16)5-4-8-15/h6-7,9,15H,3-5,8H2,1-2H3,(H,14,16). The van der Waals surface area contributed by atoms with Crippen LogP contribution in [0.5, 0.6) is 5.75 Å². The molecular formula is C13H19NO3. The summed E-state index contributed by atoms with van der Waals surface area (Å²) < 4.78 is 5.37. The Morgan fingerprint density at radius 2 is 2.24 bits per heavy atom. The van der Waals surface area contributed by atoms with E-state index in [1.54, 1.807) is 0 Å². The van der Waals surface area contributed by atoms with Gasteiger partial charge >= 0.3 is 0 Å². The van der Waals surface area contributed by atoms with Crippen LogP contribution < -0.4 is 10.1 Å². The number of hydrogen-bond donors (Lipinski definition) is 2. The van der Waals surface area contributed by atoms with Crippen molar-refractivity contribution < 1.29 is 14.6 Å². The van der Waals surface area contributed by atoms with Gasteiger partial charge in [0.15, 0.2) is 0 Å². The number of carbonyl (C=O) groups excluding carboxylic acids is 1. The van der Waals surface area contributed by atoms with E-state index in [0.717, 1.165) is 17.0 Å². The van der Waals surface area contributed by atoms with Crippen LogP contribution in [-0.2, 0) is 4.79 Å². The summed E-state index contributed by atoms with van der Waals surface area (Å²) in [6.45, 7) is 4.52. The number of amides is 1. The van der Waals surface area contributed by atoms with Crippen molar-refractivity contribution in [2.24, 2.45) is 0 Å². The van der Waals surface area contributed by atoms with E-state index in [0.29, 0.717) is 19.4 Å². The summed E-state index contributed by atoms with van der Waals surface area (Å²) in [5.41, 5.74) is 1.75. The zero-order chi connectivity index (χ0) is 12.7. The first-order valence-corrected chi connectivity index (χ1v) is 5.81. The van der Waals surface area contributed by atoms with Crippen molar-refractivity contribution in [2.75, 3.05) is 18.5 Å². The molecule has 4 heteroatoms. The van der Waals surface area contributed by atoms with Crippen molar-refractivity contribution >= 4 is 11.6 Å². The van der Waals surface area contributed by atoms with E-state index in [1.165, 1.54) is 0 Å². The average Bonchev–Trinajstić information content (AvgIpc) is 2.30. The molecule has 0 heterocycles. The van der Waals surface area contributed by atoms with E-state index < -0.39 is 0 Å². The molecule has 0 aliphatic heterocycles. The summed E-state index contributed by atoms with van der Waals surface area (Å²) in [6.07, 6.45) is 0.824. The van der Waals surface area contributed by atoms with Gasteiger partial charge in [0.2, 0.25) is 5.91 Å². The lowest BCUT2D eigenvalue weighted by molar-refractivity contribution is -0.116. The van der Waals surface area contributed by atoms with E-state index in [9.17, 15) is 4.79 Å². The molecule has 0 fully saturated rings. The lowest BCUT2D eigenvalue weighted by Crippen LogP contribution is -2.12. The number of benzene rings is 1. The van der Waals surface area contributed by atoms with Gasteiger partial charge in [-0.2, -0.15) is 0 Å². The van der Waals surface area contributed by atoms with Gasteiger partial charge in [0, 0.05) is 18.7 Å². The maximum Gasteiger partial charge on any atom is 0.224 e. The molecule has 4 nitrogen and oxygen atoms in total. The molecule has 1 aromatic carbocycles. The molecule has 0 aromatic heterocycles. The summed E-state index contributed by atoms with van der Waals surface area (Å²) >= 11 is 0. The summed E-state index contributed by atoms with van der Waals surface area (Å²) in [7, 11) is 0. The molecule has 0 saturated carbocycles. The number of ether oxygens (including phenoxy) is 1. The number of aliphatic hydroxyl groups is 1. The Bertz CT molecular complexity index is 377. The number of carbonyl (C=O) groups is 1. The number of nitrogens with one attached hydrogen (secondary N) is 1. The van der Waals surface area contributed by atoms with E-state index in [4.69, 9.17) is 9.84 Å². The molecular weight excluding hydrogens is 218 g/mol. The molecule has 17 heavy (non-hydrogen) atoms. The highest BCUT2D eigenvalue weighted by Crippen LogP contribution is 2.21. The molecule has 94 valence electrons. The molecule has 1 amide bonds. The monoisotopic (exact) mass is 237 g/mol. The van der Waals surface area contributed by atoms with E-state index >= 15 is 0 Å². The molecule has 1 rings (SSSR count). The second-order valence-corrected chi connectivity index (χ2v) is 3.79. The SMILES string of the molecule is CCOc1ccc(NC(=O)CCCO)c(C)c1. The van der Waals surface area contributed by atoms with E-state index in [-0.39, 0.29) is 12.5 Å². The van der Waals surface area contributed by atoms with Crippen molar-refractivity contribution in [3.63, 3.8) is 0 Å². The maximum absolute atomic E-state index is 11.5. The Morgan fingerprint density at radius 3 is 2.82 bits per heavy atom. The van der Waals surface area contributed by atoms with Gasteiger partial charge in [-0.1, -0.05) is 0 Å². The van der Waals surface area contributed by atoms with Crippen LogP contribution in [0.15, 0.2) is 18.2 Å². The van der Waals surface area contributed by atoms with Gasteiger partial charge in [0.05, 0.1) is 6.61 Å². The summed E-state index contributed by atoms with van der Waals surface area (Å²) in [5.74, 6) is 0.727. The fourth-order valence-corrected chi connectivity index (χ4v) is 1.49. The molecule has 0 unspecified atom stereocenters. The van der Waals surface area contributed by atoms with Gasteiger partial charge in [0.1, 0.15) is 5.75 Å². The van der Waals surface area contributed by atoms with Crippen LogP contribution in [0.2, 0.25) is 0 Å². The molecule has 0 aliphatic rings. The normalized spacial score (nSPS) is 10.1. The molecule has 0 atom stereocenters. The van der Waals surface area contributed by atoms with Crippen LogP contribution in [-0.4, -0.2) is 24.2 Å². The van der Waals surface area contributed by atoms with Crippen molar-refractivity contribution in [3.8, 4) is 5.75 Å². The third-order valence-electron chi connectivity index (χ3n) is 2.34. The lowest BCUT2D eigenvalue weighted by Gasteiger charge is -2.10. The fraction of sp³-hybridized carbons (Fsp3) is 0.462. The van der Waals surface area contributed by atoms with Gasteiger partial charge in [-0.15, -0.1) is 0 Å². The molecule has 0 aliphatic carbocycles. The predicted molar refractivity (Wildman–Crippen MR) is 67.3 cm³/mol. The highest BCUT2D eigenvalue weighted by molar-refractivity contribution is 5.91. The number of anilines is 1. The molecule has 0 radical (unpaired) electrons. The van der Waals surface area contributed by atoms with Crippen molar-refractivity contribution in [1.82, 2.24) is 0 Å². The van der Waals surface area contributed by atoms with Crippen molar-refractivity contribution in [3.05, 3.63) is 23.8 Å². The minimum Gasteiger partial charge on any atom is -0.494 e. The summed E-state index contributed by atoms with van der Waals surface area (Å²) in [4.78, 5) is 11.5. The highest BCUT2D eigenvalue weighted by Gasteiger charge is 2.05. The van der Waals surface area contributed by atoms with Gasteiger partial charge in [-0.25, -0.2) is 0 Å². The van der Waals surface area contributed by atoms with Crippen LogP contribution in [0.3, 0.4) is 0 Å². The maximum atomic E-state index is 11.5. The van der Waals surface area contributed by atoms with Crippen LogP contribution >= 0.6 is 0 Å². The van der Waals surface area contributed by atoms with Gasteiger partial charge < -0.3 is 15.2 Å². The zero-order valence-corrected chi connectivity index (χ0v) is 10.3. The molecule has 0 spiro atoms. The first-order chi connectivity index (χ1) is 8.17. The first kappa shape index (κ1) is 13.5. The average molecular weight is 237 g/mol. The summed E-state index contributed by atoms with van der Waals surface area (Å²) in [5, 5.41) is 11.4. The lowest BCUT2D eigenvalue weighted by atomic mass is 10.2. The quantitative estimate of drug-likeness (QED) is 0.796. The van der Waals surface area contributed by atoms with Crippen LogP contribution in [0.25, 0.3) is 0 Å². The predicted octanol–water partition coefficient (Wildman–Crippen LogP) is 2.10. The molecule has 1 aromatic rings. The van der Waals surface area contributed by atoms with Gasteiger partial charge in [-0.05, 0) is 44.0 Å². The largest absolute Gasteiger partial charge is 0.494 e. The van der Waals surface area contributed by atoms with E-state index in [2.05, 4.69) is 5.32 Å². The topological polar surface area (TPSA) is 58.6 Å². The minimum atomic E-state index is -0.0775. The number of rotatable bonds is 6.